The van der Waals surface area contributed by atoms with E-state index in [0.29, 0.717) is 16.9 Å². The van der Waals surface area contributed by atoms with Crippen LogP contribution in [0.1, 0.15) is 21.6 Å². The number of rotatable bonds is 7. The van der Waals surface area contributed by atoms with Crippen molar-refractivity contribution in [2.75, 3.05) is 11.9 Å². The number of aryl methyl sites for hydroxylation is 1. The molecule has 3 rings (SSSR count). The predicted molar refractivity (Wildman–Crippen MR) is 104 cm³/mol. The van der Waals surface area contributed by atoms with Gasteiger partial charge < -0.3 is 14.8 Å². The van der Waals surface area contributed by atoms with Crippen LogP contribution in [0.2, 0.25) is 0 Å². The Morgan fingerprint density at radius 1 is 1.17 bits per heavy atom. The van der Waals surface area contributed by atoms with Gasteiger partial charge in [0.05, 0.1) is 16.9 Å². The van der Waals surface area contributed by atoms with Crippen LogP contribution in [0.25, 0.3) is 0 Å². The summed E-state index contributed by atoms with van der Waals surface area (Å²) >= 11 is 1.45. The van der Waals surface area contributed by atoms with Crippen molar-refractivity contribution in [2.24, 2.45) is 0 Å². The molecule has 0 bridgehead atoms. The van der Waals surface area contributed by atoms with Gasteiger partial charge in [0.15, 0.2) is 6.61 Å². The normalized spacial score (nSPS) is 11.2. The van der Waals surface area contributed by atoms with Crippen LogP contribution in [0.5, 0.6) is 11.5 Å². The van der Waals surface area contributed by atoms with Gasteiger partial charge in [0.25, 0.3) is 5.91 Å². The molecule has 3 aromatic rings. The van der Waals surface area contributed by atoms with E-state index in [1.54, 1.807) is 42.8 Å². The highest BCUT2D eigenvalue weighted by Crippen LogP contribution is 2.28. The lowest BCUT2D eigenvalue weighted by atomic mass is 10.1. The molecule has 9 heteroatoms. The number of carbonyl (C=O) groups excluding carboxylic acids is 1. The fraction of sp³-hybridized carbons (Fsp3) is 0.200. The number of hydrogen-bond acceptors (Lipinski definition) is 5. The Hall–Kier alpha value is -3.07. The molecule has 0 radical (unpaired) electrons. The van der Waals surface area contributed by atoms with E-state index < -0.39 is 18.7 Å². The van der Waals surface area contributed by atoms with Crippen molar-refractivity contribution in [1.29, 1.82) is 0 Å². The van der Waals surface area contributed by atoms with E-state index in [0.717, 1.165) is 5.69 Å². The van der Waals surface area contributed by atoms with Crippen molar-refractivity contribution in [3.8, 4) is 11.5 Å². The molecule has 152 valence electrons. The number of halogens is 3. The molecular weight excluding hydrogens is 405 g/mol. The largest absolute Gasteiger partial charge is 0.487 e. The van der Waals surface area contributed by atoms with Crippen LogP contribution in [0, 0.1) is 6.92 Å². The maximum atomic E-state index is 12.6. The molecule has 1 aromatic heterocycles. The Morgan fingerprint density at radius 3 is 2.72 bits per heavy atom. The molecule has 0 saturated heterocycles. The van der Waals surface area contributed by atoms with Crippen LogP contribution < -0.4 is 14.8 Å². The third-order valence-corrected chi connectivity index (χ3v) is 4.38. The summed E-state index contributed by atoms with van der Waals surface area (Å²) in [6.07, 6.45) is -4.48. The Morgan fingerprint density at radius 2 is 2.00 bits per heavy atom. The first kappa shape index (κ1) is 20.7. The second kappa shape index (κ2) is 8.95. The summed E-state index contributed by atoms with van der Waals surface area (Å²) in [6, 6.07) is 11.1. The predicted octanol–water partition coefficient (Wildman–Crippen LogP) is 5.22. The molecule has 1 heterocycles. The highest BCUT2D eigenvalue weighted by molar-refractivity contribution is 7.07. The van der Waals surface area contributed by atoms with Crippen LogP contribution >= 0.6 is 11.3 Å². The van der Waals surface area contributed by atoms with Crippen molar-refractivity contribution >= 4 is 22.9 Å². The number of hydrogen-bond donors (Lipinski definition) is 1. The number of aromatic nitrogens is 1. The fourth-order valence-electron chi connectivity index (χ4n) is 2.40. The monoisotopic (exact) mass is 422 g/mol. The van der Waals surface area contributed by atoms with Gasteiger partial charge in [-0.15, -0.1) is 11.3 Å². The molecule has 5 nitrogen and oxygen atoms in total. The number of amides is 1. The number of ether oxygens (including phenoxy) is 2. The van der Waals surface area contributed by atoms with Gasteiger partial charge in [-0.2, -0.15) is 13.2 Å². The summed E-state index contributed by atoms with van der Waals surface area (Å²) in [7, 11) is 0. The number of anilines is 1. The van der Waals surface area contributed by atoms with Crippen molar-refractivity contribution in [1.82, 2.24) is 4.98 Å². The zero-order valence-electron chi connectivity index (χ0n) is 15.3. The van der Waals surface area contributed by atoms with E-state index in [2.05, 4.69) is 10.3 Å². The lowest BCUT2D eigenvalue weighted by molar-refractivity contribution is -0.153. The summed E-state index contributed by atoms with van der Waals surface area (Å²) in [5.74, 6) is -0.0699. The molecule has 0 aliphatic rings. The van der Waals surface area contributed by atoms with Crippen molar-refractivity contribution in [3.63, 3.8) is 0 Å². The van der Waals surface area contributed by atoms with E-state index in [4.69, 9.17) is 9.47 Å². The number of thiazole rings is 1. The van der Waals surface area contributed by atoms with Gasteiger partial charge in [0.2, 0.25) is 0 Å². The van der Waals surface area contributed by atoms with Gasteiger partial charge in [0.1, 0.15) is 18.1 Å². The van der Waals surface area contributed by atoms with E-state index in [1.165, 1.54) is 23.5 Å². The zero-order chi connectivity index (χ0) is 20.9. The van der Waals surface area contributed by atoms with Gasteiger partial charge in [-0.1, -0.05) is 12.1 Å². The van der Waals surface area contributed by atoms with Gasteiger partial charge >= 0.3 is 6.18 Å². The lowest BCUT2D eigenvalue weighted by Crippen LogP contribution is -2.20. The van der Waals surface area contributed by atoms with Crippen LogP contribution in [-0.2, 0) is 6.61 Å². The van der Waals surface area contributed by atoms with Gasteiger partial charge in [-0.3, -0.25) is 4.79 Å². The zero-order valence-corrected chi connectivity index (χ0v) is 16.1. The SMILES string of the molecule is Cc1ccc(NC(=O)c2cccc(OCc3cscn3)c2)c(OCC(F)(F)F)c1. The quantitative estimate of drug-likeness (QED) is 0.567. The molecule has 29 heavy (non-hydrogen) atoms. The van der Waals surface area contributed by atoms with Crippen LogP contribution in [0.3, 0.4) is 0 Å². The second-order valence-electron chi connectivity index (χ2n) is 6.15. The highest BCUT2D eigenvalue weighted by atomic mass is 32.1. The smallest absolute Gasteiger partial charge is 0.422 e. The fourth-order valence-corrected chi connectivity index (χ4v) is 2.94. The highest BCUT2D eigenvalue weighted by Gasteiger charge is 2.29. The Kier molecular flexibility index (Phi) is 6.38. The van der Waals surface area contributed by atoms with E-state index in [1.807, 2.05) is 5.38 Å². The maximum absolute atomic E-state index is 12.6. The number of carbonyl (C=O) groups is 1. The van der Waals surface area contributed by atoms with Crippen molar-refractivity contribution in [3.05, 3.63) is 70.2 Å². The first-order valence-corrected chi connectivity index (χ1v) is 9.46. The summed E-state index contributed by atoms with van der Waals surface area (Å²) in [5.41, 5.74) is 3.62. The summed E-state index contributed by atoms with van der Waals surface area (Å²) in [4.78, 5) is 16.7. The molecule has 1 amide bonds. The molecule has 2 aromatic carbocycles. The van der Waals surface area contributed by atoms with E-state index in [9.17, 15) is 18.0 Å². The molecule has 0 aliphatic carbocycles. The first-order chi connectivity index (χ1) is 13.8. The molecule has 0 fully saturated rings. The Balaban J connectivity index is 1.70. The average Bonchev–Trinajstić information content (AvgIpc) is 3.20. The summed E-state index contributed by atoms with van der Waals surface area (Å²) in [5, 5.41) is 4.45. The van der Waals surface area contributed by atoms with Crippen LogP contribution in [0.15, 0.2) is 53.4 Å². The number of alkyl halides is 3. The minimum absolute atomic E-state index is 0.0494. The average molecular weight is 422 g/mol. The molecule has 0 saturated carbocycles. The van der Waals surface area contributed by atoms with Gasteiger partial charge in [-0.25, -0.2) is 4.98 Å². The molecule has 0 unspecified atom stereocenters. The van der Waals surface area contributed by atoms with Crippen molar-refractivity contribution in [2.45, 2.75) is 19.7 Å². The maximum Gasteiger partial charge on any atom is 0.422 e. The molecule has 0 atom stereocenters. The summed E-state index contributed by atoms with van der Waals surface area (Å²) < 4.78 is 47.9. The van der Waals surface area contributed by atoms with E-state index in [-0.39, 0.29) is 18.0 Å². The minimum Gasteiger partial charge on any atom is -0.487 e. The summed E-state index contributed by atoms with van der Waals surface area (Å²) in [6.45, 7) is 0.538. The molecular formula is C20H17F3N2O3S. The van der Waals surface area contributed by atoms with Crippen LogP contribution in [-0.4, -0.2) is 23.7 Å². The second-order valence-corrected chi connectivity index (χ2v) is 6.87. The van der Waals surface area contributed by atoms with Gasteiger partial charge in [-0.05, 0) is 42.8 Å². The first-order valence-electron chi connectivity index (χ1n) is 8.52. The molecule has 0 spiro atoms. The molecule has 0 aliphatic heterocycles. The van der Waals surface area contributed by atoms with E-state index >= 15 is 0 Å². The Bertz CT molecular complexity index is 975. The topological polar surface area (TPSA) is 60.5 Å². The van der Waals surface area contributed by atoms with Crippen LogP contribution in [0.4, 0.5) is 18.9 Å². The Labute approximate surface area is 169 Å². The third kappa shape index (κ3) is 6.21. The standard InChI is InChI=1S/C20H17F3N2O3S/c1-13-5-6-17(18(7-13)28-11-20(21,22)23)25-19(26)14-3-2-4-16(8-14)27-9-15-10-29-12-24-15/h2-8,10,12H,9,11H2,1H3,(H,25,26). The number of nitrogens with one attached hydrogen (secondary N) is 1. The lowest BCUT2D eigenvalue weighted by Gasteiger charge is -2.15. The third-order valence-electron chi connectivity index (χ3n) is 3.74. The van der Waals surface area contributed by atoms with Gasteiger partial charge in [0, 0.05) is 10.9 Å². The number of nitrogens with zero attached hydrogens (tertiary/aromatic N) is 1. The molecule has 1 N–H and O–H groups in total. The number of benzene rings is 2. The van der Waals surface area contributed by atoms with Crippen molar-refractivity contribution < 1.29 is 27.4 Å². The minimum atomic E-state index is -4.48.